The van der Waals surface area contributed by atoms with E-state index in [1.165, 1.54) is 13.8 Å². The van der Waals surface area contributed by atoms with Crippen LogP contribution in [0.5, 0.6) is 0 Å². The van der Waals surface area contributed by atoms with Crippen LogP contribution in [0.15, 0.2) is 34.4 Å². The smallest absolute Gasteiger partial charge is 0.334 e. The number of hydrogen-bond acceptors (Lipinski definition) is 8. The van der Waals surface area contributed by atoms with E-state index in [1.54, 1.807) is 13.8 Å². The molecule has 0 fully saturated rings. The van der Waals surface area contributed by atoms with Gasteiger partial charge in [0.1, 0.15) is 24.4 Å². The zero-order valence-corrected chi connectivity index (χ0v) is 21.6. The molecule has 0 saturated heterocycles. The molecule has 0 unspecified atom stereocenters. The molecule has 0 aromatic rings. The Bertz CT molecular complexity index is 1000. The molecule has 0 aromatic heterocycles. The maximum absolute atomic E-state index is 12.7. The van der Waals surface area contributed by atoms with Gasteiger partial charge in [0.15, 0.2) is 0 Å². The Morgan fingerprint density at radius 1 is 1.06 bits per heavy atom. The van der Waals surface area contributed by atoms with Crippen molar-refractivity contribution in [3.05, 3.63) is 34.4 Å². The lowest BCUT2D eigenvalue weighted by atomic mass is 9.58. The molecular formula is C27H36O8. The van der Waals surface area contributed by atoms with E-state index in [-0.39, 0.29) is 12.4 Å². The van der Waals surface area contributed by atoms with Crippen LogP contribution in [0, 0.1) is 11.3 Å². The predicted molar refractivity (Wildman–Crippen MR) is 127 cm³/mol. The van der Waals surface area contributed by atoms with Gasteiger partial charge in [-0.25, -0.2) is 4.79 Å². The van der Waals surface area contributed by atoms with Gasteiger partial charge < -0.3 is 18.9 Å². The maximum Gasteiger partial charge on any atom is 0.334 e. The summed E-state index contributed by atoms with van der Waals surface area (Å²) in [5, 5.41) is 0. The number of allylic oxidation sites excluding steroid dienone is 1. The molecule has 8 nitrogen and oxygen atoms in total. The minimum Gasteiger partial charge on any atom is -0.462 e. The Labute approximate surface area is 206 Å². The Kier molecular flexibility index (Phi) is 7.92. The molecule has 0 N–H and O–H groups in total. The van der Waals surface area contributed by atoms with E-state index in [9.17, 15) is 19.2 Å². The monoisotopic (exact) mass is 488 g/mol. The molecule has 8 heteroatoms. The van der Waals surface area contributed by atoms with Crippen molar-refractivity contribution in [3.63, 3.8) is 0 Å². The quantitative estimate of drug-likeness (QED) is 0.331. The average Bonchev–Trinajstić information content (AvgIpc) is 3.03. The molecule has 3 rings (SSSR count). The molecule has 0 spiro atoms. The molecule has 0 bridgehead atoms. The van der Waals surface area contributed by atoms with Crippen molar-refractivity contribution in [2.45, 2.75) is 98.6 Å². The van der Waals surface area contributed by atoms with Gasteiger partial charge in [0, 0.05) is 43.8 Å². The van der Waals surface area contributed by atoms with Crippen LogP contribution in [-0.4, -0.2) is 48.3 Å². The zero-order valence-electron chi connectivity index (χ0n) is 21.6. The van der Waals surface area contributed by atoms with Crippen LogP contribution in [0.25, 0.3) is 0 Å². The van der Waals surface area contributed by atoms with Crippen molar-refractivity contribution in [1.29, 1.82) is 0 Å². The van der Waals surface area contributed by atoms with Gasteiger partial charge in [-0.3, -0.25) is 14.4 Å². The Balaban J connectivity index is 2.32. The number of esters is 4. The molecule has 1 aliphatic heterocycles. The van der Waals surface area contributed by atoms with Gasteiger partial charge in [0.05, 0.1) is 5.41 Å². The molecule has 3 aliphatic rings. The van der Waals surface area contributed by atoms with E-state index < -0.39 is 53.7 Å². The lowest BCUT2D eigenvalue weighted by Crippen LogP contribution is -2.58. The van der Waals surface area contributed by atoms with Crippen LogP contribution in [-0.2, 0) is 38.1 Å². The topological polar surface area (TPSA) is 105 Å². The van der Waals surface area contributed by atoms with E-state index >= 15 is 0 Å². The van der Waals surface area contributed by atoms with Gasteiger partial charge in [-0.1, -0.05) is 31.1 Å². The normalized spacial score (nSPS) is 34.4. The lowest BCUT2D eigenvalue weighted by molar-refractivity contribution is -0.189. The summed E-state index contributed by atoms with van der Waals surface area (Å²) in [5.41, 5.74) is 1.86. The second-order valence-electron chi connectivity index (χ2n) is 9.95. The summed E-state index contributed by atoms with van der Waals surface area (Å²) in [6.45, 7) is 11.8. The van der Waals surface area contributed by atoms with Gasteiger partial charge in [-0.15, -0.1) is 0 Å². The van der Waals surface area contributed by atoms with Crippen LogP contribution in [0.4, 0.5) is 0 Å². The van der Waals surface area contributed by atoms with Crippen LogP contribution in [0.1, 0.15) is 74.1 Å². The van der Waals surface area contributed by atoms with Crippen molar-refractivity contribution in [3.8, 4) is 0 Å². The van der Waals surface area contributed by atoms with E-state index in [0.717, 1.165) is 11.1 Å². The van der Waals surface area contributed by atoms with Crippen molar-refractivity contribution in [1.82, 2.24) is 0 Å². The first-order chi connectivity index (χ1) is 16.4. The van der Waals surface area contributed by atoms with Crippen molar-refractivity contribution in [2.24, 2.45) is 11.3 Å². The lowest BCUT2D eigenvalue weighted by Gasteiger charge is -2.52. The highest BCUT2D eigenvalue weighted by Crippen LogP contribution is 2.53. The third kappa shape index (κ3) is 5.21. The standard InChI is InChI=1S/C27H36O8/c1-8-22(30)35-21-11-9-14(2)13-19-23(16(4)26(31)34-19)25(33-18(6)29)24-15(3)10-12-20(27(21,24)7)32-17(5)28/h10,13,19-21,24-25H,8-9,11-12H2,1-7H3/b14-13-/t19-,20-,21-,24+,25-,27+/m0/s1. The summed E-state index contributed by atoms with van der Waals surface area (Å²) in [6, 6.07) is 0. The Hall–Kier alpha value is -2.90. The highest BCUT2D eigenvalue weighted by molar-refractivity contribution is 5.92. The van der Waals surface area contributed by atoms with Gasteiger partial charge in [-0.2, -0.15) is 0 Å². The number of carbonyl (C=O) groups excluding carboxylic acids is 4. The SMILES string of the molecule is CCC(=O)O[C@H]1CC/C(C)=C\[C@@H]2OC(=O)C(C)=C2[C@H](OC(C)=O)[C@H]2C(C)=CC[C@H](OC(C)=O)[C@]12C. The highest BCUT2D eigenvalue weighted by atomic mass is 16.6. The molecule has 192 valence electrons. The molecule has 0 aromatic carbocycles. The van der Waals surface area contributed by atoms with Gasteiger partial charge in [0.2, 0.25) is 0 Å². The molecule has 35 heavy (non-hydrogen) atoms. The third-order valence-corrected chi connectivity index (χ3v) is 7.49. The fraction of sp³-hybridized carbons (Fsp3) is 0.630. The molecule has 0 amide bonds. The minimum absolute atomic E-state index is 0.196. The number of hydrogen-bond donors (Lipinski definition) is 0. The summed E-state index contributed by atoms with van der Waals surface area (Å²) >= 11 is 0. The molecule has 2 aliphatic carbocycles. The largest absolute Gasteiger partial charge is 0.462 e. The molecule has 0 radical (unpaired) electrons. The fourth-order valence-corrected chi connectivity index (χ4v) is 5.74. The Morgan fingerprint density at radius 2 is 1.71 bits per heavy atom. The fourth-order valence-electron chi connectivity index (χ4n) is 5.74. The van der Waals surface area contributed by atoms with Crippen LogP contribution in [0.3, 0.4) is 0 Å². The summed E-state index contributed by atoms with van der Waals surface area (Å²) in [4.78, 5) is 49.7. The van der Waals surface area contributed by atoms with E-state index in [0.29, 0.717) is 30.4 Å². The van der Waals surface area contributed by atoms with Crippen molar-refractivity contribution < 1.29 is 38.1 Å². The molecule has 1 heterocycles. The van der Waals surface area contributed by atoms with E-state index in [2.05, 4.69) is 0 Å². The van der Waals surface area contributed by atoms with Gasteiger partial charge in [-0.05, 0) is 39.7 Å². The molecular weight excluding hydrogens is 452 g/mol. The predicted octanol–water partition coefficient (Wildman–Crippen LogP) is 4.13. The first-order valence-electron chi connectivity index (χ1n) is 12.2. The van der Waals surface area contributed by atoms with Gasteiger partial charge >= 0.3 is 23.9 Å². The summed E-state index contributed by atoms with van der Waals surface area (Å²) in [6.07, 6.45) is 2.68. The van der Waals surface area contributed by atoms with Crippen LogP contribution >= 0.6 is 0 Å². The highest BCUT2D eigenvalue weighted by Gasteiger charge is 2.58. The third-order valence-electron chi connectivity index (χ3n) is 7.49. The first kappa shape index (κ1) is 26.7. The summed E-state index contributed by atoms with van der Waals surface area (Å²) in [7, 11) is 0. The maximum atomic E-state index is 12.7. The zero-order chi connectivity index (χ0) is 26.1. The molecule has 6 atom stereocenters. The first-order valence-corrected chi connectivity index (χ1v) is 12.2. The van der Waals surface area contributed by atoms with Crippen LogP contribution < -0.4 is 0 Å². The summed E-state index contributed by atoms with van der Waals surface area (Å²) in [5.74, 6) is -2.33. The van der Waals surface area contributed by atoms with Gasteiger partial charge in [0.25, 0.3) is 0 Å². The number of carbonyl (C=O) groups is 4. The van der Waals surface area contributed by atoms with E-state index in [4.69, 9.17) is 18.9 Å². The molecule has 0 saturated carbocycles. The van der Waals surface area contributed by atoms with E-state index in [1.807, 2.05) is 32.9 Å². The number of fused-ring (bicyclic) bond motifs is 2. The van der Waals surface area contributed by atoms with Crippen LogP contribution in [0.2, 0.25) is 0 Å². The second-order valence-corrected chi connectivity index (χ2v) is 9.95. The van der Waals surface area contributed by atoms with Crippen molar-refractivity contribution in [2.75, 3.05) is 0 Å². The summed E-state index contributed by atoms with van der Waals surface area (Å²) < 4.78 is 23.5. The average molecular weight is 489 g/mol. The Morgan fingerprint density at radius 3 is 2.31 bits per heavy atom. The minimum atomic E-state index is -0.948. The number of ether oxygens (including phenoxy) is 4. The second kappa shape index (κ2) is 10.4. The number of rotatable bonds is 4. The van der Waals surface area contributed by atoms with Crippen molar-refractivity contribution >= 4 is 23.9 Å².